The van der Waals surface area contributed by atoms with Gasteiger partial charge in [0.2, 0.25) is 0 Å². The number of rotatable bonds is 6. The van der Waals surface area contributed by atoms with E-state index in [-0.39, 0.29) is 11.8 Å². The molecule has 154 valence electrons. The maximum atomic E-state index is 12.8. The van der Waals surface area contributed by atoms with Crippen LogP contribution in [-0.4, -0.2) is 47.8 Å². The number of carbonyl (C=O) groups excluding carboxylic acids is 2. The molecule has 0 spiro atoms. The van der Waals surface area contributed by atoms with Crippen LogP contribution in [0.25, 0.3) is 0 Å². The van der Waals surface area contributed by atoms with Crippen molar-refractivity contribution in [1.29, 1.82) is 0 Å². The van der Waals surface area contributed by atoms with Gasteiger partial charge in [-0.2, -0.15) is 0 Å². The quantitative estimate of drug-likeness (QED) is 0.693. The van der Waals surface area contributed by atoms with Gasteiger partial charge in [0.1, 0.15) is 0 Å². The third-order valence-corrected chi connectivity index (χ3v) is 6.58. The summed E-state index contributed by atoms with van der Waals surface area (Å²) in [7, 11) is 0. The topological polar surface area (TPSA) is 40.6 Å². The van der Waals surface area contributed by atoms with Gasteiger partial charge < -0.3 is 9.80 Å². The van der Waals surface area contributed by atoms with Gasteiger partial charge >= 0.3 is 0 Å². The summed E-state index contributed by atoms with van der Waals surface area (Å²) in [5.74, 6) is 1.76. The van der Waals surface area contributed by atoms with Crippen molar-refractivity contribution in [3.63, 3.8) is 0 Å². The van der Waals surface area contributed by atoms with E-state index in [1.54, 1.807) is 0 Å². The summed E-state index contributed by atoms with van der Waals surface area (Å²) in [5.41, 5.74) is 1.40. The van der Waals surface area contributed by atoms with Gasteiger partial charge in [0, 0.05) is 37.3 Å². The van der Waals surface area contributed by atoms with Crippen LogP contribution in [-0.2, 0) is 0 Å². The highest BCUT2D eigenvalue weighted by Crippen LogP contribution is 2.24. The zero-order valence-corrected chi connectivity index (χ0v) is 17.7. The van der Waals surface area contributed by atoms with Crippen LogP contribution in [0.15, 0.2) is 24.3 Å². The summed E-state index contributed by atoms with van der Waals surface area (Å²) in [6, 6.07) is 7.32. The summed E-state index contributed by atoms with van der Waals surface area (Å²) in [5, 5.41) is 0. The van der Waals surface area contributed by atoms with E-state index in [0.717, 1.165) is 63.7 Å². The molecule has 0 aliphatic carbocycles. The lowest BCUT2D eigenvalue weighted by Gasteiger charge is -2.32. The third-order valence-electron chi connectivity index (χ3n) is 6.58. The van der Waals surface area contributed by atoms with Crippen molar-refractivity contribution in [2.75, 3.05) is 26.2 Å². The summed E-state index contributed by atoms with van der Waals surface area (Å²) in [4.78, 5) is 29.5. The van der Waals surface area contributed by atoms with Crippen LogP contribution >= 0.6 is 0 Å². The average Bonchev–Trinajstić information content (AvgIpc) is 2.74. The number of likely N-dealkylation sites (tertiary alicyclic amines) is 2. The van der Waals surface area contributed by atoms with Crippen LogP contribution in [0.3, 0.4) is 0 Å². The predicted molar refractivity (Wildman–Crippen MR) is 114 cm³/mol. The molecule has 4 heteroatoms. The van der Waals surface area contributed by atoms with E-state index in [2.05, 4.69) is 13.8 Å². The minimum absolute atomic E-state index is 0.106. The van der Waals surface area contributed by atoms with E-state index in [1.165, 1.54) is 25.7 Å². The molecule has 2 heterocycles. The van der Waals surface area contributed by atoms with E-state index in [9.17, 15) is 9.59 Å². The standard InChI is InChI=1S/C24H36N2O2/c1-3-5-19-11-15-25(16-12-19)23(27)21-7-9-22(10-8-21)24(28)26-17-13-20(6-4-2)14-18-26/h7-10,19-20H,3-6,11-18H2,1-2H3. The summed E-state index contributed by atoms with van der Waals surface area (Å²) in [6.45, 7) is 7.89. The molecular weight excluding hydrogens is 348 g/mol. The van der Waals surface area contributed by atoms with E-state index in [1.807, 2.05) is 34.1 Å². The molecule has 2 aliphatic heterocycles. The van der Waals surface area contributed by atoms with Crippen LogP contribution in [0.5, 0.6) is 0 Å². The van der Waals surface area contributed by atoms with E-state index >= 15 is 0 Å². The molecule has 2 amide bonds. The van der Waals surface area contributed by atoms with Gasteiger partial charge in [0.15, 0.2) is 0 Å². The van der Waals surface area contributed by atoms with Crippen molar-refractivity contribution < 1.29 is 9.59 Å². The lowest BCUT2D eigenvalue weighted by atomic mass is 9.92. The third kappa shape index (κ3) is 5.15. The summed E-state index contributed by atoms with van der Waals surface area (Å²) >= 11 is 0. The van der Waals surface area contributed by atoms with Crippen molar-refractivity contribution in [3.05, 3.63) is 35.4 Å². The Kier molecular flexibility index (Phi) is 7.52. The maximum absolute atomic E-state index is 12.8. The molecule has 2 fully saturated rings. The van der Waals surface area contributed by atoms with Crippen molar-refractivity contribution in [2.45, 2.75) is 65.2 Å². The predicted octanol–water partition coefficient (Wildman–Crippen LogP) is 4.99. The lowest BCUT2D eigenvalue weighted by Crippen LogP contribution is -2.39. The van der Waals surface area contributed by atoms with Crippen LogP contribution in [0, 0.1) is 11.8 Å². The molecule has 1 aromatic rings. The normalized spacial score (nSPS) is 19.1. The molecule has 4 nitrogen and oxygen atoms in total. The van der Waals surface area contributed by atoms with Crippen LogP contribution in [0.1, 0.15) is 85.9 Å². The van der Waals surface area contributed by atoms with E-state index < -0.39 is 0 Å². The van der Waals surface area contributed by atoms with Gasteiger partial charge in [-0.15, -0.1) is 0 Å². The first kappa shape index (κ1) is 20.9. The second-order valence-corrected chi connectivity index (χ2v) is 8.63. The Morgan fingerprint density at radius 1 is 0.714 bits per heavy atom. The molecule has 0 radical (unpaired) electrons. The Balaban J connectivity index is 1.53. The largest absolute Gasteiger partial charge is 0.339 e. The molecule has 0 N–H and O–H groups in total. The number of benzene rings is 1. The molecule has 2 aliphatic rings. The highest BCUT2D eigenvalue weighted by molar-refractivity contribution is 5.97. The van der Waals surface area contributed by atoms with Crippen molar-refractivity contribution >= 4 is 11.8 Å². The Morgan fingerprint density at radius 2 is 1.04 bits per heavy atom. The zero-order chi connectivity index (χ0) is 19.9. The highest BCUT2D eigenvalue weighted by atomic mass is 16.2. The van der Waals surface area contributed by atoms with Crippen LogP contribution in [0.2, 0.25) is 0 Å². The number of carbonyl (C=O) groups is 2. The second kappa shape index (κ2) is 10.1. The molecule has 3 rings (SSSR count). The molecule has 0 unspecified atom stereocenters. The Labute approximate surface area is 170 Å². The first-order valence-corrected chi connectivity index (χ1v) is 11.3. The summed E-state index contributed by atoms with van der Waals surface area (Å²) < 4.78 is 0. The Bertz CT molecular complexity index is 582. The number of piperidine rings is 2. The minimum atomic E-state index is 0.106. The first-order valence-electron chi connectivity index (χ1n) is 11.3. The summed E-state index contributed by atoms with van der Waals surface area (Å²) in [6.07, 6.45) is 9.46. The average molecular weight is 385 g/mol. The SMILES string of the molecule is CCCC1CCN(C(=O)c2ccc(C(=O)N3CCC(CCC)CC3)cc2)CC1. The molecular formula is C24H36N2O2. The van der Waals surface area contributed by atoms with Gasteiger partial charge in [-0.1, -0.05) is 39.5 Å². The molecule has 28 heavy (non-hydrogen) atoms. The fourth-order valence-electron chi connectivity index (χ4n) is 4.79. The molecule has 1 aromatic carbocycles. The fraction of sp³-hybridized carbons (Fsp3) is 0.667. The highest BCUT2D eigenvalue weighted by Gasteiger charge is 2.25. The van der Waals surface area contributed by atoms with Crippen molar-refractivity contribution in [2.24, 2.45) is 11.8 Å². The van der Waals surface area contributed by atoms with Crippen molar-refractivity contribution in [1.82, 2.24) is 9.80 Å². The molecule has 0 aromatic heterocycles. The molecule has 2 saturated heterocycles. The van der Waals surface area contributed by atoms with E-state index in [0.29, 0.717) is 11.1 Å². The Hall–Kier alpha value is -1.84. The zero-order valence-electron chi connectivity index (χ0n) is 17.7. The molecule has 0 atom stereocenters. The van der Waals surface area contributed by atoms with Crippen molar-refractivity contribution in [3.8, 4) is 0 Å². The smallest absolute Gasteiger partial charge is 0.253 e. The molecule has 0 saturated carbocycles. The Morgan fingerprint density at radius 3 is 1.32 bits per heavy atom. The lowest BCUT2D eigenvalue weighted by molar-refractivity contribution is 0.0674. The van der Waals surface area contributed by atoms with E-state index in [4.69, 9.17) is 0 Å². The second-order valence-electron chi connectivity index (χ2n) is 8.63. The van der Waals surface area contributed by atoms with Gasteiger partial charge in [0.25, 0.3) is 11.8 Å². The fourth-order valence-corrected chi connectivity index (χ4v) is 4.79. The number of hydrogen-bond acceptors (Lipinski definition) is 2. The van der Waals surface area contributed by atoms with Crippen LogP contribution in [0.4, 0.5) is 0 Å². The number of amides is 2. The minimum Gasteiger partial charge on any atom is -0.339 e. The van der Waals surface area contributed by atoms with Crippen LogP contribution < -0.4 is 0 Å². The van der Waals surface area contributed by atoms with Gasteiger partial charge in [-0.05, 0) is 61.8 Å². The number of hydrogen-bond donors (Lipinski definition) is 0. The van der Waals surface area contributed by atoms with Gasteiger partial charge in [-0.3, -0.25) is 9.59 Å². The van der Waals surface area contributed by atoms with Gasteiger partial charge in [0.05, 0.1) is 0 Å². The molecule has 0 bridgehead atoms. The first-order chi connectivity index (χ1) is 13.6. The monoisotopic (exact) mass is 384 g/mol. The van der Waals surface area contributed by atoms with Gasteiger partial charge in [-0.25, -0.2) is 0 Å². The maximum Gasteiger partial charge on any atom is 0.253 e. The number of nitrogens with zero attached hydrogens (tertiary/aromatic N) is 2.